The van der Waals surface area contributed by atoms with E-state index in [1.165, 1.54) is 6.07 Å². The zero-order chi connectivity index (χ0) is 22.2. The van der Waals surface area contributed by atoms with E-state index in [2.05, 4.69) is 25.4 Å². The van der Waals surface area contributed by atoms with Crippen LogP contribution in [-0.2, 0) is 4.79 Å². The van der Waals surface area contributed by atoms with Crippen LogP contribution in [0.1, 0.15) is 19.8 Å². The van der Waals surface area contributed by atoms with Crippen molar-refractivity contribution in [2.75, 3.05) is 64.7 Å². The number of amides is 1. The van der Waals surface area contributed by atoms with Crippen molar-refractivity contribution >= 4 is 23.2 Å². The van der Waals surface area contributed by atoms with Crippen molar-refractivity contribution in [3.63, 3.8) is 0 Å². The fraction of sp³-hybridized carbons (Fsp3) is 0.619. The van der Waals surface area contributed by atoms with Crippen LogP contribution in [0.2, 0.25) is 0 Å². The third kappa shape index (κ3) is 5.84. The third-order valence-electron chi connectivity index (χ3n) is 5.97. The lowest BCUT2D eigenvalue weighted by molar-refractivity contribution is -0.384. The number of likely N-dealkylation sites (tertiary alicyclic amines) is 1. The van der Waals surface area contributed by atoms with Crippen molar-refractivity contribution in [3.8, 4) is 0 Å². The number of aliphatic imine (C=N–C) groups is 1. The van der Waals surface area contributed by atoms with Crippen LogP contribution in [-0.4, -0.2) is 96.9 Å². The lowest BCUT2D eigenvalue weighted by Gasteiger charge is -2.39. The number of para-hydroxylation sites is 2. The van der Waals surface area contributed by atoms with Crippen LogP contribution in [0.5, 0.6) is 0 Å². The molecule has 0 aromatic heterocycles. The summed E-state index contributed by atoms with van der Waals surface area (Å²) < 4.78 is 0. The first-order chi connectivity index (χ1) is 15.0. The van der Waals surface area contributed by atoms with Crippen molar-refractivity contribution in [3.05, 3.63) is 34.4 Å². The van der Waals surface area contributed by atoms with E-state index >= 15 is 0 Å². The molecule has 0 radical (unpaired) electrons. The largest absolute Gasteiger partial charge is 0.378 e. The Balaban J connectivity index is 1.42. The SMILES string of the molecule is CN=C(NCCNc1ccccc1[N+](=O)[O-])N1CCN(C(C)C(=O)N2CCCC2)CC1. The van der Waals surface area contributed by atoms with Crippen molar-refractivity contribution in [2.24, 2.45) is 4.99 Å². The topological polar surface area (TPSA) is 106 Å². The van der Waals surface area contributed by atoms with Crippen LogP contribution in [0.3, 0.4) is 0 Å². The van der Waals surface area contributed by atoms with Crippen LogP contribution in [0.25, 0.3) is 0 Å². The molecule has 1 unspecified atom stereocenters. The molecule has 0 bridgehead atoms. The molecule has 2 N–H and O–H groups in total. The van der Waals surface area contributed by atoms with E-state index in [0.29, 0.717) is 18.8 Å². The molecule has 0 aliphatic carbocycles. The second-order valence-electron chi connectivity index (χ2n) is 7.91. The number of guanidine groups is 1. The van der Waals surface area contributed by atoms with E-state index in [1.807, 2.05) is 11.8 Å². The molecule has 3 rings (SSSR count). The second kappa shape index (κ2) is 10.9. The van der Waals surface area contributed by atoms with Gasteiger partial charge < -0.3 is 20.4 Å². The summed E-state index contributed by atoms with van der Waals surface area (Å²) in [5.74, 6) is 1.05. The number of nitro groups is 1. The molecule has 1 aromatic carbocycles. The molecule has 31 heavy (non-hydrogen) atoms. The van der Waals surface area contributed by atoms with E-state index < -0.39 is 0 Å². The highest BCUT2D eigenvalue weighted by Crippen LogP contribution is 2.22. The van der Waals surface area contributed by atoms with E-state index in [0.717, 1.165) is 58.1 Å². The quantitative estimate of drug-likeness (QED) is 0.220. The lowest BCUT2D eigenvalue weighted by atomic mass is 10.2. The number of hydrogen-bond acceptors (Lipinski definition) is 6. The molecule has 0 saturated carbocycles. The van der Waals surface area contributed by atoms with Gasteiger partial charge in [0.15, 0.2) is 5.96 Å². The van der Waals surface area contributed by atoms with Gasteiger partial charge in [0.1, 0.15) is 5.69 Å². The molecule has 170 valence electrons. The number of anilines is 1. The van der Waals surface area contributed by atoms with Gasteiger partial charge in [-0.15, -0.1) is 0 Å². The van der Waals surface area contributed by atoms with Crippen LogP contribution < -0.4 is 10.6 Å². The summed E-state index contributed by atoms with van der Waals surface area (Å²) in [5, 5.41) is 17.5. The highest BCUT2D eigenvalue weighted by Gasteiger charge is 2.30. The monoisotopic (exact) mass is 431 g/mol. The summed E-state index contributed by atoms with van der Waals surface area (Å²) in [7, 11) is 1.75. The summed E-state index contributed by atoms with van der Waals surface area (Å²) in [5.41, 5.74) is 0.579. The van der Waals surface area contributed by atoms with Gasteiger partial charge in [0, 0.05) is 65.5 Å². The van der Waals surface area contributed by atoms with Crippen LogP contribution in [0, 0.1) is 10.1 Å². The zero-order valence-corrected chi connectivity index (χ0v) is 18.4. The van der Waals surface area contributed by atoms with E-state index in [1.54, 1.807) is 25.2 Å². The average molecular weight is 432 g/mol. The Hall–Kier alpha value is -2.88. The van der Waals surface area contributed by atoms with Crippen LogP contribution >= 0.6 is 0 Å². The minimum atomic E-state index is -0.385. The molecule has 2 aliphatic rings. The summed E-state index contributed by atoms with van der Waals surface area (Å²) in [6.45, 7) is 8.14. The second-order valence-corrected chi connectivity index (χ2v) is 7.91. The Labute approximate surface area is 183 Å². The number of hydrogen-bond donors (Lipinski definition) is 2. The molecule has 1 aromatic rings. The van der Waals surface area contributed by atoms with Crippen LogP contribution in [0.15, 0.2) is 29.3 Å². The fourth-order valence-corrected chi connectivity index (χ4v) is 4.17. The number of nitro benzene ring substituents is 1. The molecular formula is C21H33N7O3. The molecule has 10 nitrogen and oxygen atoms in total. The Morgan fingerprint density at radius 3 is 2.42 bits per heavy atom. The smallest absolute Gasteiger partial charge is 0.292 e. The van der Waals surface area contributed by atoms with E-state index in [9.17, 15) is 14.9 Å². The van der Waals surface area contributed by atoms with E-state index in [-0.39, 0.29) is 22.6 Å². The fourth-order valence-electron chi connectivity index (χ4n) is 4.17. The molecule has 0 spiro atoms. The van der Waals surface area contributed by atoms with Crippen molar-refractivity contribution in [1.82, 2.24) is 20.0 Å². The van der Waals surface area contributed by atoms with Gasteiger partial charge >= 0.3 is 0 Å². The molecule has 2 aliphatic heterocycles. The number of nitrogens with one attached hydrogen (secondary N) is 2. The van der Waals surface area contributed by atoms with Crippen molar-refractivity contribution in [1.29, 1.82) is 0 Å². The van der Waals surface area contributed by atoms with Gasteiger partial charge in [-0.05, 0) is 25.8 Å². The number of benzene rings is 1. The van der Waals surface area contributed by atoms with Gasteiger partial charge in [0.2, 0.25) is 5.91 Å². The van der Waals surface area contributed by atoms with Gasteiger partial charge in [0.05, 0.1) is 11.0 Å². The molecular weight excluding hydrogens is 398 g/mol. The molecule has 2 heterocycles. The molecule has 10 heteroatoms. The predicted molar refractivity (Wildman–Crippen MR) is 121 cm³/mol. The van der Waals surface area contributed by atoms with Gasteiger partial charge in [-0.2, -0.15) is 0 Å². The van der Waals surface area contributed by atoms with E-state index in [4.69, 9.17) is 0 Å². The van der Waals surface area contributed by atoms with Crippen molar-refractivity contribution in [2.45, 2.75) is 25.8 Å². The summed E-state index contributed by atoms with van der Waals surface area (Å²) >= 11 is 0. The Bertz CT molecular complexity index is 787. The Kier molecular flexibility index (Phi) is 8.05. The minimum absolute atomic E-state index is 0.0700. The van der Waals surface area contributed by atoms with Crippen LogP contribution in [0.4, 0.5) is 11.4 Å². The first-order valence-corrected chi connectivity index (χ1v) is 11.0. The van der Waals surface area contributed by atoms with Gasteiger partial charge in [-0.25, -0.2) is 0 Å². The summed E-state index contributed by atoms with van der Waals surface area (Å²) in [6.07, 6.45) is 2.22. The van der Waals surface area contributed by atoms with Gasteiger partial charge in [-0.1, -0.05) is 12.1 Å². The minimum Gasteiger partial charge on any atom is -0.378 e. The Morgan fingerprint density at radius 2 is 1.77 bits per heavy atom. The first kappa shape index (κ1) is 22.8. The highest BCUT2D eigenvalue weighted by atomic mass is 16.6. The lowest BCUT2D eigenvalue weighted by Crippen LogP contribution is -2.57. The molecule has 2 saturated heterocycles. The summed E-state index contributed by atoms with van der Waals surface area (Å²) in [6, 6.07) is 6.54. The normalized spacial score (nSPS) is 18.7. The molecule has 1 atom stereocenters. The molecule has 1 amide bonds. The first-order valence-electron chi connectivity index (χ1n) is 11.0. The van der Waals surface area contributed by atoms with Crippen molar-refractivity contribution < 1.29 is 9.72 Å². The third-order valence-corrected chi connectivity index (χ3v) is 5.97. The predicted octanol–water partition coefficient (Wildman–Crippen LogP) is 1.21. The Morgan fingerprint density at radius 1 is 1.10 bits per heavy atom. The number of nitrogens with zero attached hydrogens (tertiary/aromatic N) is 5. The molecule has 2 fully saturated rings. The maximum Gasteiger partial charge on any atom is 0.292 e. The maximum absolute atomic E-state index is 12.7. The van der Waals surface area contributed by atoms with Gasteiger partial charge in [0.25, 0.3) is 5.69 Å². The number of carbonyl (C=O) groups is 1. The maximum atomic E-state index is 12.7. The number of carbonyl (C=O) groups excluding carboxylic acids is 1. The number of rotatable bonds is 7. The highest BCUT2D eigenvalue weighted by molar-refractivity contribution is 5.82. The zero-order valence-electron chi connectivity index (χ0n) is 18.4. The number of piperazine rings is 1. The average Bonchev–Trinajstić information content (AvgIpc) is 3.33. The standard InChI is InChI=1S/C21H33N7O3/c1-17(20(29)26-11-5-6-12-26)25-13-15-27(16-14-25)21(22-2)24-10-9-23-18-7-3-4-8-19(18)28(30)31/h3-4,7-8,17,23H,5-6,9-16H2,1-2H3,(H,22,24). The van der Waals surface area contributed by atoms with Gasteiger partial charge in [-0.3, -0.25) is 24.8 Å². The summed E-state index contributed by atoms with van der Waals surface area (Å²) in [4.78, 5) is 34.2.